The Morgan fingerprint density at radius 3 is 2.65 bits per heavy atom. The summed E-state index contributed by atoms with van der Waals surface area (Å²) in [5.41, 5.74) is 2.49. The molecule has 10 heteroatoms. The van der Waals surface area contributed by atoms with E-state index in [2.05, 4.69) is 10.3 Å². The van der Waals surface area contributed by atoms with Crippen LogP contribution in [0.4, 0.5) is 5.82 Å². The minimum Gasteiger partial charge on any atom is -0.493 e. The summed E-state index contributed by atoms with van der Waals surface area (Å²) in [7, 11) is 4.86. The number of aromatic nitrogens is 2. The second-order valence-electron chi connectivity index (χ2n) is 7.59. The van der Waals surface area contributed by atoms with Crippen molar-refractivity contribution in [3.8, 4) is 11.5 Å². The Labute approximate surface area is 206 Å². The number of pyridine rings is 1. The fourth-order valence-electron chi connectivity index (χ4n) is 3.73. The normalized spacial score (nSPS) is 14.8. The van der Waals surface area contributed by atoms with Crippen LogP contribution in [0.5, 0.6) is 11.5 Å². The molecular weight excluding hydrogens is 472 g/mol. The second kappa shape index (κ2) is 9.86. The molecule has 176 valence electrons. The van der Waals surface area contributed by atoms with Gasteiger partial charge in [-0.1, -0.05) is 36.1 Å². The SMILES string of the molecule is CNc1nc2c(C)cccn2c(=O)c1/C=C1\SC(=S)N(CCc2ccc(OC)c(OC)c2)C1=O. The van der Waals surface area contributed by atoms with Crippen molar-refractivity contribution >= 4 is 51.7 Å². The number of hydrogen-bond donors (Lipinski definition) is 1. The third kappa shape index (κ3) is 4.38. The molecule has 4 rings (SSSR count). The Bertz CT molecular complexity index is 1380. The van der Waals surface area contributed by atoms with Crippen LogP contribution in [0.3, 0.4) is 0 Å². The number of benzene rings is 1. The average Bonchev–Trinajstić information content (AvgIpc) is 3.11. The number of aryl methyl sites for hydroxylation is 1. The molecule has 0 unspecified atom stereocenters. The molecule has 34 heavy (non-hydrogen) atoms. The number of anilines is 1. The van der Waals surface area contributed by atoms with E-state index in [0.717, 1.165) is 11.1 Å². The number of hydrogen-bond acceptors (Lipinski definition) is 8. The first kappa shape index (κ1) is 23.8. The van der Waals surface area contributed by atoms with Gasteiger partial charge >= 0.3 is 0 Å². The van der Waals surface area contributed by atoms with Crippen LogP contribution in [0.25, 0.3) is 11.7 Å². The number of ether oxygens (including phenoxy) is 2. The van der Waals surface area contributed by atoms with Gasteiger partial charge in [-0.3, -0.25) is 18.9 Å². The molecular formula is C24H24N4O4S2. The van der Waals surface area contributed by atoms with Crippen LogP contribution in [0, 0.1) is 6.92 Å². The van der Waals surface area contributed by atoms with E-state index in [-0.39, 0.29) is 11.5 Å². The monoisotopic (exact) mass is 496 g/mol. The zero-order chi connectivity index (χ0) is 24.4. The highest BCUT2D eigenvalue weighted by Crippen LogP contribution is 2.34. The molecule has 0 aliphatic carbocycles. The van der Waals surface area contributed by atoms with Gasteiger partial charge in [-0.15, -0.1) is 0 Å². The Kier molecular flexibility index (Phi) is 6.90. The lowest BCUT2D eigenvalue weighted by Crippen LogP contribution is -2.30. The summed E-state index contributed by atoms with van der Waals surface area (Å²) < 4.78 is 12.6. The Morgan fingerprint density at radius 1 is 1.18 bits per heavy atom. The first-order chi connectivity index (χ1) is 16.4. The molecule has 0 atom stereocenters. The molecule has 1 amide bonds. The van der Waals surface area contributed by atoms with Gasteiger partial charge in [-0.05, 0) is 48.7 Å². The van der Waals surface area contributed by atoms with Gasteiger partial charge in [0.15, 0.2) is 11.5 Å². The summed E-state index contributed by atoms with van der Waals surface area (Å²) in [6, 6.07) is 9.33. The number of nitrogens with one attached hydrogen (secondary N) is 1. The molecule has 3 heterocycles. The van der Waals surface area contributed by atoms with Crippen LogP contribution < -0.4 is 20.3 Å². The molecule has 1 aliphatic heterocycles. The number of carbonyl (C=O) groups excluding carboxylic acids is 1. The molecule has 8 nitrogen and oxygen atoms in total. The lowest BCUT2D eigenvalue weighted by molar-refractivity contribution is -0.122. The average molecular weight is 497 g/mol. The number of amides is 1. The van der Waals surface area contributed by atoms with E-state index in [1.54, 1.807) is 44.5 Å². The summed E-state index contributed by atoms with van der Waals surface area (Å²) in [6.45, 7) is 2.30. The highest BCUT2D eigenvalue weighted by Gasteiger charge is 2.32. The number of thiocarbonyl (C=S) groups is 1. The van der Waals surface area contributed by atoms with Gasteiger partial charge in [0.05, 0.1) is 24.7 Å². The molecule has 0 saturated carbocycles. The Morgan fingerprint density at radius 2 is 1.94 bits per heavy atom. The smallest absolute Gasteiger partial charge is 0.267 e. The van der Waals surface area contributed by atoms with Crippen molar-refractivity contribution in [1.82, 2.24) is 14.3 Å². The fourth-order valence-corrected chi connectivity index (χ4v) is 5.02. The predicted molar refractivity (Wildman–Crippen MR) is 139 cm³/mol. The van der Waals surface area contributed by atoms with Crippen molar-refractivity contribution in [3.63, 3.8) is 0 Å². The third-order valence-corrected chi connectivity index (χ3v) is 6.92. The van der Waals surface area contributed by atoms with Gasteiger partial charge in [0.2, 0.25) is 0 Å². The summed E-state index contributed by atoms with van der Waals surface area (Å²) in [5.74, 6) is 1.45. The van der Waals surface area contributed by atoms with E-state index < -0.39 is 0 Å². The molecule has 1 aromatic carbocycles. The maximum Gasteiger partial charge on any atom is 0.267 e. The molecule has 1 saturated heterocycles. The van der Waals surface area contributed by atoms with Crippen LogP contribution in [0.1, 0.15) is 16.7 Å². The van der Waals surface area contributed by atoms with E-state index in [1.165, 1.54) is 16.2 Å². The van der Waals surface area contributed by atoms with E-state index >= 15 is 0 Å². The largest absolute Gasteiger partial charge is 0.493 e. The maximum atomic E-state index is 13.2. The van der Waals surface area contributed by atoms with Gasteiger partial charge in [-0.2, -0.15) is 0 Å². The molecule has 1 aliphatic rings. The number of nitrogens with zero attached hydrogens (tertiary/aromatic N) is 3. The first-order valence-electron chi connectivity index (χ1n) is 10.5. The van der Waals surface area contributed by atoms with Crippen molar-refractivity contribution in [1.29, 1.82) is 0 Å². The minimum absolute atomic E-state index is 0.230. The number of rotatable bonds is 7. The van der Waals surface area contributed by atoms with Crippen LogP contribution in [-0.2, 0) is 11.2 Å². The van der Waals surface area contributed by atoms with E-state index in [4.69, 9.17) is 21.7 Å². The van der Waals surface area contributed by atoms with Crippen LogP contribution >= 0.6 is 24.0 Å². The number of thioether (sulfide) groups is 1. The molecule has 2 aromatic heterocycles. The fraction of sp³-hybridized carbons (Fsp3) is 0.250. The van der Waals surface area contributed by atoms with Gasteiger partial charge in [0, 0.05) is 19.8 Å². The van der Waals surface area contributed by atoms with E-state index in [1.807, 2.05) is 31.2 Å². The lowest BCUT2D eigenvalue weighted by Gasteiger charge is -2.15. The maximum absolute atomic E-state index is 13.2. The Hall–Kier alpha value is -3.37. The van der Waals surface area contributed by atoms with Crippen molar-refractivity contribution < 1.29 is 14.3 Å². The summed E-state index contributed by atoms with van der Waals surface area (Å²) >= 11 is 6.65. The molecule has 0 spiro atoms. The molecule has 0 bridgehead atoms. The highest BCUT2D eigenvalue weighted by molar-refractivity contribution is 8.26. The van der Waals surface area contributed by atoms with Crippen LogP contribution in [0.2, 0.25) is 0 Å². The van der Waals surface area contributed by atoms with Crippen LogP contribution in [-0.4, -0.2) is 52.3 Å². The Balaban J connectivity index is 1.61. The molecule has 3 aromatic rings. The topological polar surface area (TPSA) is 85.2 Å². The summed E-state index contributed by atoms with van der Waals surface area (Å²) in [6.07, 6.45) is 3.83. The van der Waals surface area contributed by atoms with E-state index in [0.29, 0.717) is 50.7 Å². The van der Waals surface area contributed by atoms with Crippen molar-refractivity contribution in [2.75, 3.05) is 33.1 Å². The second-order valence-corrected chi connectivity index (χ2v) is 9.26. The highest BCUT2D eigenvalue weighted by atomic mass is 32.2. The lowest BCUT2D eigenvalue weighted by atomic mass is 10.1. The molecule has 0 radical (unpaired) electrons. The zero-order valence-corrected chi connectivity index (χ0v) is 20.9. The van der Waals surface area contributed by atoms with Gasteiger partial charge in [-0.25, -0.2) is 4.98 Å². The molecule has 1 fully saturated rings. The van der Waals surface area contributed by atoms with Crippen LogP contribution in [0.15, 0.2) is 46.2 Å². The zero-order valence-electron chi connectivity index (χ0n) is 19.2. The number of carbonyl (C=O) groups is 1. The van der Waals surface area contributed by atoms with Crippen molar-refractivity contribution in [2.45, 2.75) is 13.3 Å². The number of methoxy groups -OCH3 is 2. The molecule has 1 N–H and O–H groups in total. The van der Waals surface area contributed by atoms with Gasteiger partial charge in [0.25, 0.3) is 11.5 Å². The quantitative estimate of drug-likeness (QED) is 0.393. The van der Waals surface area contributed by atoms with Gasteiger partial charge < -0.3 is 14.8 Å². The standard InChI is InChI=1S/C24H24N4O4S2/c1-14-6-5-10-27-21(14)26-20(25-2)16(22(27)29)13-19-23(30)28(24(33)34-19)11-9-15-7-8-17(31-3)18(12-15)32-4/h5-8,10,12-13,25H,9,11H2,1-4H3/b19-13-. The third-order valence-electron chi connectivity index (χ3n) is 5.54. The summed E-state index contributed by atoms with van der Waals surface area (Å²) in [5, 5.41) is 2.98. The van der Waals surface area contributed by atoms with Crippen molar-refractivity contribution in [2.24, 2.45) is 0 Å². The predicted octanol–water partition coefficient (Wildman–Crippen LogP) is 3.51. The minimum atomic E-state index is -0.256. The number of fused-ring (bicyclic) bond motifs is 1. The van der Waals surface area contributed by atoms with Gasteiger partial charge in [0.1, 0.15) is 15.8 Å². The first-order valence-corrected chi connectivity index (χ1v) is 11.8. The summed E-state index contributed by atoms with van der Waals surface area (Å²) in [4.78, 5) is 32.9. The van der Waals surface area contributed by atoms with Crippen molar-refractivity contribution in [3.05, 3.63) is 68.5 Å². The van der Waals surface area contributed by atoms with E-state index in [9.17, 15) is 9.59 Å².